The number of carbonyl (C=O) groups excluding carboxylic acids is 1. The zero-order valence-corrected chi connectivity index (χ0v) is 11.9. The third-order valence-electron chi connectivity index (χ3n) is 3.04. The molecular formula is C17H20N2O2. The third-order valence-corrected chi connectivity index (χ3v) is 3.04. The highest BCUT2D eigenvalue weighted by atomic mass is 16.5. The molecule has 110 valence electrons. The number of benzene rings is 2. The van der Waals surface area contributed by atoms with Crippen molar-refractivity contribution in [2.45, 2.75) is 19.4 Å². The SMILES string of the molecule is Nc1ccccc1NC(=O)CCCOCc1ccccc1. The van der Waals surface area contributed by atoms with E-state index in [9.17, 15) is 4.79 Å². The Labute approximate surface area is 124 Å². The highest BCUT2D eigenvalue weighted by molar-refractivity contribution is 5.93. The van der Waals surface area contributed by atoms with Crippen molar-refractivity contribution in [3.63, 3.8) is 0 Å². The molecule has 2 rings (SSSR count). The molecule has 0 heterocycles. The normalized spacial score (nSPS) is 10.3. The number of rotatable bonds is 7. The summed E-state index contributed by atoms with van der Waals surface area (Å²) >= 11 is 0. The first-order valence-corrected chi connectivity index (χ1v) is 7.02. The van der Waals surface area contributed by atoms with Crippen molar-refractivity contribution in [3.05, 3.63) is 60.2 Å². The van der Waals surface area contributed by atoms with Crippen molar-refractivity contribution in [2.75, 3.05) is 17.7 Å². The van der Waals surface area contributed by atoms with Gasteiger partial charge in [0.15, 0.2) is 0 Å². The Morgan fingerprint density at radius 1 is 1.05 bits per heavy atom. The predicted octanol–water partition coefficient (Wildman–Crippen LogP) is 3.20. The van der Waals surface area contributed by atoms with Gasteiger partial charge < -0.3 is 15.8 Å². The molecule has 0 saturated heterocycles. The molecule has 0 spiro atoms. The Bertz CT molecular complexity index is 570. The Kier molecular flexibility index (Phi) is 5.79. The van der Waals surface area contributed by atoms with Crippen LogP contribution in [0.2, 0.25) is 0 Å². The fourth-order valence-corrected chi connectivity index (χ4v) is 1.92. The first-order chi connectivity index (χ1) is 10.3. The molecule has 2 aromatic rings. The number of ether oxygens (including phenoxy) is 1. The first kappa shape index (κ1) is 15.1. The molecule has 0 aliphatic rings. The fraction of sp³-hybridized carbons (Fsp3) is 0.235. The van der Waals surface area contributed by atoms with Crippen LogP contribution in [0, 0.1) is 0 Å². The molecule has 4 nitrogen and oxygen atoms in total. The highest BCUT2D eigenvalue weighted by Crippen LogP contribution is 2.16. The van der Waals surface area contributed by atoms with Crippen LogP contribution in [0.4, 0.5) is 11.4 Å². The summed E-state index contributed by atoms with van der Waals surface area (Å²) in [4.78, 5) is 11.8. The maximum absolute atomic E-state index is 11.8. The van der Waals surface area contributed by atoms with Gasteiger partial charge in [-0.15, -0.1) is 0 Å². The van der Waals surface area contributed by atoms with Crippen LogP contribution < -0.4 is 11.1 Å². The molecule has 2 aromatic carbocycles. The lowest BCUT2D eigenvalue weighted by Crippen LogP contribution is -2.13. The second kappa shape index (κ2) is 8.07. The van der Waals surface area contributed by atoms with Crippen molar-refractivity contribution in [1.29, 1.82) is 0 Å². The molecule has 0 aromatic heterocycles. The maximum Gasteiger partial charge on any atom is 0.224 e. The molecule has 4 heteroatoms. The Hall–Kier alpha value is -2.33. The van der Waals surface area contributed by atoms with Gasteiger partial charge in [-0.1, -0.05) is 42.5 Å². The van der Waals surface area contributed by atoms with Gasteiger partial charge in [-0.25, -0.2) is 0 Å². The molecule has 0 unspecified atom stereocenters. The van der Waals surface area contributed by atoms with Gasteiger partial charge in [0.25, 0.3) is 0 Å². The Morgan fingerprint density at radius 2 is 1.76 bits per heavy atom. The second-order valence-corrected chi connectivity index (χ2v) is 4.78. The van der Waals surface area contributed by atoms with Crippen LogP contribution in [0.25, 0.3) is 0 Å². The lowest BCUT2D eigenvalue weighted by atomic mass is 10.2. The van der Waals surface area contributed by atoms with Crippen LogP contribution in [-0.2, 0) is 16.1 Å². The van der Waals surface area contributed by atoms with E-state index in [1.807, 2.05) is 42.5 Å². The monoisotopic (exact) mass is 284 g/mol. The summed E-state index contributed by atoms with van der Waals surface area (Å²) in [7, 11) is 0. The van der Waals surface area contributed by atoms with E-state index < -0.39 is 0 Å². The smallest absolute Gasteiger partial charge is 0.224 e. The zero-order chi connectivity index (χ0) is 14.9. The van der Waals surface area contributed by atoms with Gasteiger partial charge in [0.05, 0.1) is 18.0 Å². The largest absolute Gasteiger partial charge is 0.397 e. The average molecular weight is 284 g/mol. The molecular weight excluding hydrogens is 264 g/mol. The van der Waals surface area contributed by atoms with Gasteiger partial charge in [0.1, 0.15) is 0 Å². The van der Waals surface area contributed by atoms with Gasteiger partial charge in [-0.3, -0.25) is 4.79 Å². The van der Waals surface area contributed by atoms with Crippen LogP contribution >= 0.6 is 0 Å². The van der Waals surface area contributed by atoms with Crippen molar-refractivity contribution in [2.24, 2.45) is 0 Å². The topological polar surface area (TPSA) is 64.3 Å². The van der Waals surface area contributed by atoms with Gasteiger partial charge in [-0.2, -0.15) is 0 Å². The number of nitrogens with one attached hydrogen (secondary N) is 1. The second-order valence-electron chi connectivity index (χ2n) is 4.78. The van der Waals surface area contributed by atoms with E-state index in [-0.39, 0.29) is 5.91 Å². The Balaban J connectivity index is 1.63. The highest BCUT2D eigenvalue weighted by Gasteiger charge is 2.04. The molecule has 0 aliphatic carbocycles. The molecule has 0 aliphatic heterocycles. The first-order valence-electron chi connectivity index (χ1n) is 7.02. The molecule has 0 atom stereocenters. The van der Waals surface area contributed by atoms with E-state index in [1.165, 1.54) is 0 Å². The van der Waals surface area contributed by atoms with Crippen LogP contribution in [0.5, 0.6) is 0 Å². The number of para-hydroxylation sites is 2. The summed E-state index contributed by atoms with van der Waals surface area (Å²) in [5.41, 5.74) is 8.14. The number of amides is 1. The zero-order valence-electron chi connectivity index (χ0n) is 11.9. The third kappa shape index (κ3) is 5.28. The minimum atomic E-state index is -0.0452. The standard InChI is InChI=1S/C17H20N2O2/c18-15-9-4-5-10-16(15)19-17(20)11-6-12-21-13-14-7-2-1-3-8-14/h1-5,7-10H,6,11-13,18H2,(H,19,20). The van der Waals surface area contributed by atoms with E-state index >= 15 is 0 Å². The van der Waals surface area contributed by atoms with Crippen molar-refractivity contribution < 1.29 is 9.53 Å². The molecule has 1 amide bonds. The number of hydrogen-bond donors (Lipinski definition) is 2. The fourth-order valence-electron chi connectivity index (χ4n) is 1.92. The number of nitrogens with two attached hydrogens (primary N) is 1. The molecule has 0 saturated carbocycles. The molecule has 0 bridgehead atoms. The van der Waals surface area contributed by atoms with Crippen LogP contribution in [-0.4, -0.2) is 12.5 Å². The number of carbonyl (C=O) groups is 1. The average Bonchev–Trinajstić information content (AvgIpc) is 2.50. The quantitative estimate of drug-likeness (QED) is 0.606. The summed E-state index contributed by atoms with van der Waals surface area (Å²) in [6.45, 7) is 1.14. The summed E-state index contributed by atoms with van der Waals surface area (Å²) in [5.74, 6) is -0.0452. The van der Waals surface area contributed by atoms with Gasteiger partial charge in [0, 0.05) is 13.0 Å². The van der Waals surface area contributed by atoms with Crippen LogP contribution in [0.3, 0.4) is 0 Å². The maximum atomic E-state index is 11.8. The van der Waals surface area contributed by atoms with Gasteiger partial charge >= 0.3 is 0 Å². The van der Waals surface area contributed by atoms with E-state index in [2.05, 4.69) is 5.32 Å². The number of anilines is 2. The van der Waals surface area contributed by atoms with Gasteiger partial charge in [0.2, 0.25) is 5.91 Å². The minimum Gasteiger partial charge on any atom is -0.397 e. The van der Waals surface area contributed by atoms with Gasteiger partial charge in [-0.05, 0) is 24.1 Å². The number of nitrogen functional groups attached to an aromatic ring is 1. The molecule has 21 heavy (non-hydrogen) atoms. The minimum absolute atomic E-state index is 0.0452. The summed E-state index contributed by atoms with van der Waals surface area (Å²) in [6, 6.07) is 17.2. The molecule has 3 N–H and O–H groups in total. The lowest BCUT2D eigenvalue weighted by molar-refractivity contribution is -0.116. The predicted molar refractivity (Wildman–Crippen MR) is 84.8 cm³/mol. The van der Waals surface area contributed by atoms with Crippen molar-refractivity contribution in [3.8, 4) is 0 Å². The molecule has 0 fully saturated rings. The van der Waals surface area contributed by atoms with E-state index in [0.717, 1.165) is 5.56 Å². The van der Waals surface area contributed by atoms with Crippen molar-refractivity contribution in [1.82, 2.24) is 0 Å². The number of hydrogen-bond acceptors (Lipinski definition) is 3. The van der Waals surface area contributed by atoms with Crippen molar-refractivity contribution >= 4 is 17.3 Å². The van der Waals surface area contributed by atoms with Crippen LogP contribution in [0.15, 0.2) is 54.6 Å². The molecule has 0 radical (unpaired) electrons. The summed E-state index contributed by atoms with van der Waals surface area (Å²) in [5, 5.41) is 2.80. The summed E-state index contributed by atoms with van der Waals surface area (Å²) in [6.07, 6.45) is 1.11. The lowest BCUT2D eigenvalue weighted by Gasteiger charge is -2.08. The van der Waals surface area contributed by atoms with Crippen LogP contribution in [0.1, 0.15) is 18.4 Å². The van der Waals surface area contributed by atoms with E-state index in [1.54, 1.807) is 12.1 Å². The van der Waals surface area contributed by atoms with E-state index in [0.29, 0.717) is 37.4 Å². The summed E-state index contributed by atoms with van der Waals surface area (Å²) < 4.78 is 5.54. The Morgan fingerprint density at radius 3 is 2.52 bits per heavy atom. The van der Waals surface area contributed by atoms with E-state index in [4.69, 9.17) is 10.5 Å².